The maximum absolute atomic E-state index is 12.0. The minimum atomic E-state index is -0.0918. The summed E-state index contributed by atoms with van der Waals surface area (Å²) in [6, 6.07) is 6.96. The van der Waals surface area contributed by atoms with Crippen molar-refractivity contribution in [3.63, 3.8) is 0 Å². The Labute approximate surface area is 130 Å². The molecule has 0 saturated carbocycles. The number of rotatable bonds is 5. The lowest BCUT2D eigenvalue weighted by atomic mass is 10.1. The summed E-state index contributed by atoms with van der Waals surface area (Å²) in [6.45, 7) is 8.04. The van der Waals surface area contributed by atoms with Crippen LogP contribution in [-0.2, 0) is 11.3 Å². The molecule has 0 aliphatic heterocycles. The van der Waals surface area contributed by atoms with Gasteiger partial charge in [-0.05, 0) is 45.4 Å². The zero-order valence-corrected chi connectivity index (χ0v) is 13.4. The molecule has 0 atom stereocenters. The molecule has 2 rings (SSSR count). The lowest BCUT2D eigenvalue weighted by molar-refractivity contribution is -0.116. The van der Waals surface area contributed by atoms with E-state index in [-0.39, 0.29) is 11.7 Å². The molecule has 0 unspecified atom stereocenters. The largest absolute Gasteiger partial charge is 0.326 e. The van der Waals surface area contributed by atoms with Crippen molar-refractivity contribution in [1.82, 2.24) is 9.78 Å². The number of Topliss-reactive ketones (excluding diaryl/α,β-unsaturated/α-hetero) is 1. The van der Waals surface area contributed by atoms with Gasteiger partial charge < -0.3 is 5.32 Å². The number of amides is 1. The molecule has 0 aliphatic carbocycles. The van der Waals surface area contributed by atoms with Gasteiger partial charge in [0.05, 0.1) is 5.69 Å². The summed E-state index contributed by atoms with van der Waals surface area (Å²) in [5.74, 6) is -0.111. The first-order valence-corrected chi connectivity index (χ1v) is 7.30. The van der Waals surface area contributed by atoms with Crippen molar-refractivity contribution in [3.05, 3.63) is 46.8 Å². The van der Waals surface area contributed by atoms with Gasteiger partial charge in [-0.15, -0.1) is 0 Å². The first kappa shape index (κ1) is 15.9. The Morgan fingerprint density at radius 1 is 1.23 bits per heavy atom. The summed E-state index contributed by atoms with van der Waals surface area (Å²) in [5, 5.41) is 7.23. The van der Waals surface area contributed by atoms with Gasteiger partial charge in [-0.1, -0.05) is 12.1 Å². The molecular formula is C17H21N3O2. The van der Waals surface area contributed by atoms with E-state index in [2.05, 4.69) is 10.4 Å². The minimum Gasteiger partial charge on any atom is -0.326 e. The highest BCUT2D eigenvalue weighted by Gasteiger charge is 2.09. The molecule has 1 N–H and O–H groups in total. The predicted octanol–water partition coefficient (Wildman–Crippen LogP) is 3.04. The second-order valence-electron chi connectivity index (χ2n) is 5.45. The molecule has 0 saturated heterocycles. The van der Waals surface area contributed by atoms with Crippen molar-refractivity contribution >= 4 is 17.4 Å². The number of carbonyl (C=O) groups is 2. The van der Waals surface area contributed by atoms with Crippen molar-refractivity contribution in [2.24, 2.45) is 0 Å². The molecule has 5 nitrogen and oxygen atoms in total. The maximum Gasteiger partial charge on any atom is 0.226 e. The number of anilines is 1. The van der Waals surface area contributed by atoms with Gasteiger partial charge in [-0.3, -0.25) is 14.3 Å². The van der Waals surface area contributed by atoms with Crippen LogP contribution in [0.15, 0.2) is 24.3 Å². The zero-order valence-electron chi connectivity index (χ0n) is 13.4. The molecule has 116 valence electrons. The van der Waals surface area contributed by atoms with Crippen LogP contribution in [-0.4, -0.2) is 21.5 Å². The van der Waals surface area contributed by atoms with Gasteiger partial charge in [0, 0.05) is 29.9 Å². The smallest absolute Gasteiger partial charge is 0.226 e. The van der Waals surface area contributed by atoms with E-state index in [9.17, 15) is 9.59 Å². The van der Waals surface area contributed by atoms with Crippen LogP contribution in [0.4, 0.5) is 5.69 Å². The van der Waals surface area contributed by atoms with E-state index in [0.717, 1.165) is 17.0 Å². The van der Waals surface area contributed by atoms with E-state index < -0.39 is 0 Å². The van der Waals surface area contributed by atoms with Gasteiger partial charge >= 0.3 is 0 Å². The van der Waals surface area contributed by atoms with Crippen LogP contribution in [0.3, 0.4) is 0 Å². The molecule has 0 bridgehead atoms. The molecule has 1 amide bonds. The number of ketones is 1. The number of hydrogen-bond acceptors (Lipinski definition) is 3. The molecule has 0 aliphatic rings. The molecule has 1 aromatic heterocycles. The van der Waals surface area contributed by atoms with Crippen molar-refractivity contribution in [2.75, 3.05) is 5.32 Å². The van der Waals surface area contributed by atoms with Crippen molar-refractivity contribution < 1.29 is 9.59 Å². The first-order valence-electron chi connectivity index (χ1n) is 7.30. The van der Waals surface area contributed by atoms with E-state index in [4.69, 9.17) is 0 Å². The number of nitrogens with one attached hydrogen (secondary N) is 1. The highest BCUT2D eigenvalue weighted by Crippen LogP contribution is 2.13. The van der Waals surface area contributed by atoms with Crippen molar-refractivity contribution in [3.8, 4) is 0 Å². The van der Waals surface area contributed by atoms with Crippen LogP contribution in [0.25, 0.3) is 0 Å². The second-order valence-corrected chi connectivity index (χ2v) is 5.45. The maximum atomic E-state index is 12.0. The standard InChI is InChI=1S/C17H21N3O2/c1-11-12(2)19-20(13(11)3)9-8-17(22)18-16-7-5-6-15(10-16)14(4)21/h5-7,10H,8-9H2,1-4H3,(H,18,22). The molecule has 0 radical (unpaired) electrons. The Hall–Kier alpha value is -2.43. The van der Waals surface area contributed by atoms with E-state index in [0.29, 0.717) is 24.2 Å². The predicted molar refractivity (Wildman–Crippen MR) is 86.1 cm³/mol. The topological polar surface area (TPSA) is 64.0 Å². The summed E-state index contributed by atoms with van der Waals surface area (Å²) >= 11 is 0. The van der Waals surface area contributed by atoms with Crippen LogP contribution >= 0.6 is 0 Å². The Morgan fingerprint density at radius 2 is 1.95 bits per heavy atom. The molecule has 1 heterocycles. The van der Waals surface area contributed by atoms with E-state index in [1.807, 2.05) is 25.5 Å². The Morgan fingerprint density at radius 3 is 2.55 bits per heavy atom. The Bertz CT molecular complexity index is 717. The zero-order chi connectivity index (χ0) is 16.3. The van der Waals surface area contributed by atoms with E-state index in [1.54, 1.807) is 24.3 Å². The normalized spacial score (nSPS) is 10.5. The van der Waals surface area contributed by atoms with Crippen LogP contribution in [0, 0.1) is 20.8 Å². The minimum absolute atomic E-state index is 0.0192. The first-order chi connectivity index (χ1) is 10.4. The molecule has 0 fully saturated rings. The van der Waals surface area contributed by atoms with Crippen LogP contribution in [0.2, 0.25) is 0 Å². The summed E-state index contributed by atoms with van der Waals surface area (Å²) < 4.78 is 1.86. The molecule has 5 heteroatoms. The number of nitrogens with zero attached hydrogens (tertiary/aromatic N) is 2. The third-order valence-electron chi connectivity index (χ3n) is 3.85. The van der Waals surface area contributed by atoms with Crippen LogP contribution < -0.4 is 5.32 Å². The Balaban J connectivity index is 1.97. The lowest BCUT2D eigenvalue weighted by Gasteiger charge is -2.07. The van der Waals surface area contributed by atoms with Gasteiger partial charge in [0.15, 0.2) is 5.78 Å². The molecule has 1 aromatic carbocycles. The summed E-state index contributed by atoms with van der Waals surface area (Å²) in [5.41, 5.74) is 4.47. The van der Waals surface area contributed by atoms with Gasteiger partial charge in [0.2, 0.25) is 5.91 Å². The average Bonchev–Trinajstić information content (AvgIpc) is 2.72. The third kappa shape index (κ3) is 3.61. The van der Waals surface area contributed by atoms with Crippen LogP contribution in [0.5, 0.6) is 0 Å². The average molecular weight is 299 g/mol. The number of carbonyl (C=O) groups excluding carboxylic acids is 2. The quantitative estimate of drug-likeness (QED) is 0.863. The van der Waals surface area contributed by atoms with E-state index >= 15 is 0 Å². The van der Waals surface area contributed by atoms with Crippen molar-refractivity contribution in [1.29, 1.82) is 0 Å². The number of hydrogen-bond donors (Lipinski definition) is 1. The van der Waals surface area contributed by atoms with Crippen LogP contribution in [0.1, 0.15) is 40.7 Å². The highest BCUT2D eigenvalue weighted by atomic mass is 16.1. The highest BCUT2D eigenvalue weighted by molar-refractivity contribution is 5.97. The number of aryl methyl sites for hydroxylation is 2. The monoisotopic (exact) mass is 299 g/mol. The molecule has 2 aromatic rings. The number of benzene rings is 1. The fourth-order valence-corrected chi connectivity index (χ4v) is 2.25. The summed E-state index contributed by atoms with van der Waals surface area (Å²) in [4.78, 5) is 23.4. The van der Waals surface area contributed by atoms with Gasteiger partial charge in [-0.25, -0.2) is 0 Å². The molecule has 22 heavy (non-hydrogen) atoms. The fourth-order valence-electron chi connectivity index (χ4n) is 2.25. The van der Waals surface area contributed by atoms with Gasteiger partial charge in [-0.2, -0.15) is 5.10 Å². The Kier molecular flexibility index (Phi) is 4.75. The fraction of sp³-hybridized carbons (Fsp3) is 0.353. The van der Waals surface area contributed by atoms with Gasteiger partial charge in [0.1, 0.15) is 0 Å². The van der Waals surface area contributed by atoms with Crippen molar-refractivity contribution in [2.45, 2.75) is 40.7 Å². The molecule has 0 spiro atoms. The van der Waals surface area contributed by atoms with Gasteiger partial charge in [0.25, 0.3) is 0 Å². The number of aromatic nitrogens is 2. The molecular weight excluding hydrogens is 278 g/mol. The lowest BCUT2D eigenvalue weighted by Crippen LogP contribution is -2.16. The van der Waals surface area contributed by atoms with E-state index in [1.165, 1.54) is 6.92 Å². The summed E-state index contributed by atoms with van der Waals surface area (Å²) in [7, 11) is 0. The SMILES string of the molecule is CC(=O)c1cccc(NC(=O)CCn2nc(C)c(C)c2C)c1. The third-order valence-corrected chi connectivity index (χ3v) is 3.85. The second kappa shape index (κ2) is 6.56. The summed E-state index contributed by atoms with van der Waals surface area (Å²) in [6.07, 6.45) is 0.339.